The summed E-state index contributed by atoms with van der Waals surface area (Å²) in [6.07, 6.45) is 0.788. The first kappa shape index (κ1) is 23.7. The second kappa shape index (κ2) is 11.1. The highest BCUT2D eigenvalue weighted by atomic mass is 35.5. The van der Waals surface area contributed by atoms with Gasteiger partial charge in [0.2, 0.25) is 11.9 Å². The van der Waals surface area contributed by atoms with E-state index in [0.29, 0.717) is 31.5 Å². The zero-order chi connectivity index (χ0) is 22.4. The van der Waals surface area contributed by atoms with Crippen molar-refractivity contribution in [2.75, 3.05) is 16.8 Å². The monoisotopic (exact) mass is 513 g/mol. The summed E-state index contributed by atoms with van der Waals surface area (Å²) in [5, 5.41) is 5.39. The van der Waals surface area contributed by atoms with Gasteiger partial charge in [0.25, 0.3) is 5.91 Å². The van der Waals surface area contributed by atoms with Gasteiger partial charge in [-0.15, -0.1) is 24.0 Å². The standard InChI is InChI=1S/C19H17Cl2N5O2S3/c1-2-5-26(19(29)30)18-23-15(10-28-13-8-11(20)7-12(21)9-13)22-17(25-18)24-16(27)14-4-3-6-31-14/h3-4,6-9H,2,5,10H2,1H3,(H,29,30)(H,22,23,24,25,27). The third-order valence-corrected chi connectivity index (χ3v) is 5.53. The fraction of sp³-hybridized carbons (Fsp3) is 0.211. The second-order valence-electron chi connectivity index (χ2n) is 6.13. The van der Waals surface area contributed by atoms with Crippen LogP contribution in [0.2, 0.25) is 10.0 Å². The fourth-order valence-electron chi connectivity index (χ4n) is 2.48. The van der Waals surface area contributed by atoms with Crippen LogP contribution >= 0.6 is 59.4 Å². The number of thiol groups is 1. The van der Waals surface area contributed by atoms with Crippen molar-refractivity contribution in [3.8, 4) is 5.75 Å². The molecule has 7 nitrogen and oxygen atoms in total. The Hall–Kier alpha value is -1.98. The predicted octanol–water partition coefficient (Wildman–Crippen LogP) is 5.50. The van der Waals surface area contributed by atoms with Gasteiger partial charge in [-0.05, 0) is 36.1 Å². The van der Waals surface area contributed by atoms with Gasteiger partial charge in [-0.1, -0.05) is 48.4 Å². The molecule has 0 saturated heterocycles. The number of hydrogen-bond donors (Lipinski definition) is 2. The molecule has 0 bridgehead atoms. The van der Waals surface area contributed by atoms with Gasteiger partial charge >= 0.3 is 0 Å². The van der Waals surface area contributed by atoms with Crippen molar-refractivity contribution in [2.45, 2.75) is 20.0 Å². The van der Waals surface area contributed by atoms with E-state index in [2.05, 4.69) is 32.9 Å². The van der Waals surface area contributed by atoms with E-state index in [-0.39, 0.29) is 30.2 Å². The molecule has 0 aliphatic heterocycles. The Kier molecular flexibility index (Phi) is 8.44. The molecule has 0 unspecified atom stereocenters. The lowest BCUT2D eigenvalue weighted by Crippen LogP contribution is -2.29. The number of hydrogen-bond acceptors (Lipinski definition) is 7. The molecule has 0 radical (unpaired) electrons. The molecular formula is C19H17Cl2N5O2S3. The van der Waals surface area contributed by atoms with Gasteiger partial charge in [0.15, 0.2) is 5.82 Å². The molecule has 31 heavy (non-hydrogen) atoms. The number of carbonyl (C=O) groups excluding carboxylic acids is 1. The number of nitrogens with zero attached hydrogens (tertiary/aromatic N) is 4. The summed E-state index contributed by atoms with van der Waals surface area (Å²) in [4.78, 5) is 27.7. The van der Waals surface area contributed by atoms with E-state index < -0.39 is 0 Å². The van der Waals surface area contributed by atoms with E-state index in [1.807, 2.05) is 12.3 Å². The van der Waals surface area contributed by atoms with Gasteiger partial charge in [-0.3, -0.25) is 15.0 Å². The van der Waals surface area contributed by atoms with E-state index in [4.69, 9.17) is 40.2 Å². The highest BCUT2D eigenvalue weighted by Gasteiger charge is 2.18. The Labute approximate surface area is 204 Å². The van der Waals surface area contributed by atoms with E-state index in [1.54, 1.807) is 35.2 Å². The van der Waals surface area contributed by atoms with E-state index >= 15 is 0 Å². The molecule has 1 N–H and O–H groups in total. The van der Waals surface area contributed by atoms with Crippen LogP contribution in [0.1, 0.15) is 28.8 Å². The van der Waals surface area contributed by atoms with Gasteiger partial charge in [-0.25, -0.2) is 0 Å². The van der Waals surface area contributed by atoms with Crippen LogP contribution in [0.15, 0.2) is 35.7 Å². The topological polar surface area (TPSA) is 80.2 Å². The average molecular weight is 514 g/mol. The highest BCUT2D eigenvalue weighted by Crippen LogP contribution is 2.25. The lowest BCUT2D eigenvalue weighted by Gasteiger charge is -2.20. The van der Waals surface area contributed by atoms with Gasteiger partial charge in [0.05, 0.1) is 4.88 Å². The second-order valence-corrected chi connectivity index (χ2v) is 9.07. The Morgan fingerprint density at radius 3 is 2.61 bits per heavy atom. The first-order chi connectivity index (χ1) is 14.9. The normalized spacial score (nSPS) is 10.6. The summed E-state index contributed by atoms with van der Waals surface area (Å²) in [5.41, 5.74) is 0. The van der Waals surface area contributed by atoms with Gasteiger partial charge in [0.1, 0.15) is 16.7 Å². The number of carbonyl (C=O) groups is 1. The van der Waals surface area contributed by atoms with Crippen molar-refractivity contribution in [3.63, 3.8) is 0 Å². The van der Waals surface area contributed by atoms with Crippen molar-refractivity contribution < 1.29 is 9.53 Å². The van der Waals surface area contributed by atoms with E-state index in [0.717, 1.165) is 6.42 Å². The molecule has 0 atom stereocenters. The van der Waals surface area contributed by atoms with Crippen LogP contribution in [0.4, 0.5) is 11.9 Å². The third-order valence-electron chi connectivity index (χ3n) is 3.76. The smallest absolute Gasteiger partial charge is 0.268 e. The molecule has 3 aromatic rings. The highest BCUT2D eigenvalue weighted by molar-refractivity contribution is 8.11. The number of anilines is 2. The van der Waals surface area contributed by atoms with Crippen LogP contribution < -0.4 is 15.0 Å². The molecule has 0 spiro atoms. The van der Waals surface area contributed by atoms with Crippen molar-refractivity contribution in [2.24, 2.45) is 0 Å². The number of thiophene rings is 1. The molecule has 0 fully saturated rings. The van der Waals surface area contributed by atoms with E-state index in [1.165, 1.54) is 11.3 Å². The molecule has 3 rings (SSSR count). The van der Waals surface area contributed by atoms with Crippen LogP contribution in [-0.4, -0.2) is 31.7 Å². The lowest BCUT2D eigenvalue weighted by atomic mass is 10.3. The van der Waals surface area contributed by atoms with E-state index in [9.17, 15) is 4.79 Å². The molecule has 0 aliphatic rings. The summed E-state index contributed by atoms with van der Waals surface area (Å²) in [7, 11) is 0. The number of amides is 1. The molecular weight excluding hydrogens is 497 g/mol. The SMILES string of the molecule is CCCN(C(=S)S)c1nc(COc2cc(Cl)cc(Cl)c2)nc(NC(=O)c2cccs2)n1. The quantitative estimate of drug-likeness (QED) is 0.303. The average Bonchev–Trinajstić information content (AvgIpc) is 3.24. The summed E-state index contributed by atoms with van der Waals surface area (Å²) < 4.78 is 6.04. The van der Waals surface area contributed by atoms with Crippen molar-refractivity contribution in [3.05, 3.63) is 56.5 Å². The Bertz CT molecular complexity index is 1060. The summed E-state index contributed by atoms with van der Waals surface area (Å²) in [5.74, 6) is 0.765. The number of aromatic nitrogens is 3. The number of nitrogens with one attached hydrogen (secondary N) is 1. The zero-order valence-corrected chi connectivity index (χ0v) is 20.2. The summed E-state index contributed by atoms with van der Waals surface area (Å²) in [6.45, 7) is 2.54. The van der Waals surface area contributed by atoms with Crippen LogP contribution in [0.5, 0.6) is 5.75 Å². The number of rotatable bonds is 8. The minimum absolute atomic E-state index is 0.00659. The van der Waals surface area contributed by atoms with Crippen molar-refractivity contribution in [1.82, 2.24) is 15.0 Å². The Morgan fingerprint density at radius 2 is 2.00 bits per heavy atom. The third kappa shape index (κ3) is 6.75. The maximum Gasteiger partial charge on any atom is 0.268 e. The molecule has 1 amide bonds. The van der Waals surface area contributed by atoms with Gasteiger partial charge in [-0.2, -0.15) is 15.0 Å². The predicted molar refractivity (Wildman–Crippen MR) is 132 cm³/mol. The molecule has 1 aromatic carbocycles. The number of halogens is 2. The Balaban J connectivity index is 1.89. The molecule has 2 heterocycles. The van der Waals surface area contributed by atoms with Gasteiger partial charge < -0.3 is 4.74 Å². The summed E-state index contributed by atoms with van der Waals surface area (Å²) >= 11 is 22.8. The maximum absolute atomic E-state index is 12.5. The first-order valence-electron chi connectivity index (χ1n) is 9.05. The Morgan fingerprint density at radius 1 is 1.26 bits per heavy atom. The van der Waals surface area contributed by atoms with Crippen LogP contribution in [0.25, 0.3) is 0 Å². The van der Waals surface area contributed by atoms with Crippen LogP contribution in [-0.2, 0) is 6.61 Å². The van der Waals surface area contributed by atoms with Crippen LogP contribution in [0.3, 0.4) is 0 Å². The minimum atomic E-state index is -0.323. The number of thiocarbonyl (C=S) groups is 1. The zero-order valence-electron chi connectivity index (χ0n) is 16.2. The molecule has 0 aliphatic carbocycles. The van der Waals surface area contributed by atoms with Crippen LogP contribution in [0, 0.1) is 0 Å². The largest absolute Gasteiger partial charge is 0.486 e. The fourth-order valence-corrected chi connectivity index (χ4v) is 3.97. The lowest BCUT2D eigenvalue weighted by molar-refractivity contribution is 0.102. The molecule has 0 saturated carbocycles. The number of ether oxygens (including phenoxy) is 1. The molecule has 12 heteroatoms. The van der Waals surface area contributed by atoms with Crippen molar-refractivity contribution >= 4 is 81.5 Å². The van der Waals surface area contributed by atoms with Gasteiger partial charge in [0, 0.05) is 16.6 Å². The maximum atomic E-state index is 12.5. The van der Waals surface area contributed by atoms with Crippen molar-refractivity contribution in [1.29, 1.82) is 0 Å². The first-order valence-corrected chi connectivity index (χ1v) is 11.5. The number of benzene rings is 1. The molecule has 162 valence electrons. The summed E-state index contributed by atoms with van der Waals surface area (Å²) in [6, 6.07) is 8.35. The molecule has 2 aromatic heterocycles. The minimum Gasteiger partial charge on any atom is -0.486 e.